The number of halogens is 1. The first-order valence-electron chi connectivity index (χ1n) is 11.4. The van der Waals surface area contributed by atoms with Crippen LogP contribution in [0.5, 0.6) is 0 Å². The monoisotopic (exact) mass is 550 g/mol. The van der Waals surface area contributed by atoms with Crippen molar-refractivity contribution in [1.29, 1.82) is 0 Å². The summed E-state index contributed by atoms with van der Waals surface area (Å²) in [6.07, 6.45) is 1.84. The van der Waals surface area contributed by atoms with E-state index in [0.29, 0.717) is 70.8 Å². The third-order valence-corrected chi connectivity index (χ3v) is 5.91. The first kappa shape index (κ1) is 29.9. The Bertz CT molecular complexity index is 1160. The Morgan fingerprint density at radius 1 is 1.14 bits per heavy atom. The van der Waals surface area contributed by atoms with Crippen LogP contribution in [0.2, 0.25) is 5.02 Å². The fourth-order valence-corrected chi connectivity index (χ4v) is 4.05. The Hall–Kier alpha value is -3.36. The van der Waals surface area contributed by atoms with Gasteiger partial charge >= 0.3 is 5.97 Å². The Balaban J connectivity index is 0.00000235. The molecule has 3 rings (SSSR count). The first-order chi connectivity index (χ1) is 17.9. The fraction of sp³-hybridized carbons (Fsp3) is 0.348. The van der Waals surface area contributed by atoms with E-state index in [-0.39, 0.29) is 11.9 Å². The van der Waals surface area contributed by atoms with Gasteiger partial charge in [0.1, 0.15) is 22.3 Å². The normalized spacial score (nSPS) is 10.2. The summed E-state index contributed by atoms with van der Waals surface area (Å²) < 4.78 is 4.89. The number of aromatic nitrogens is 3. The lowest BCUT2D eigenvalue weighted by molar-refractivity contribution is -0.142. The van der Waals surface area contributed by atoms with Gasteiger partial charge in [0.2, 0.25) is 0 Å². The molecule has 37 heavy (non-hydrogen) atoms. The van der Waals surface area contributed by atoms with Crippen molar-refractivity contribution < 1.29 is 19.5 Å². The number of benzene rings is 1. The lowest BCUT2D eigenvalue weighted by atomic mass is 10.2. The minimum Gasteiger partial charge on any atom is -0.466 e. The van der Waals surface area contributed by atoms with Crippen LogP contribution in [0.1, 0.15) is 34.4 Å². The van der Waals surface area contributed by atoms with E-state index in [0.717, 1.165) is 5.56 Å². The second-order valence-electron chi connectivity index (χ2n) is 7.46. The number of thiazole rings is 1. The molecule has 200 valence electrons. The molecule has 0 aliphatic rings. The number of amides is 1. The van der Waals surface area contributed by atoms with E-state index >= 15 is 0 Å². The van der Waals surface area contributed by atoms with Crippen molar-refractivity contribution in [1.82, 2.24) is 20.3 Å². The molecule has 7 N–H and O–H groups in total. The van der Waals surface area contributed by atoms with Gasteiger partial charge in [-0.25, -0.2) is 20.8 Å². The van der Waals surface area contributed by atoms with E-state index in [1.807, 2.05) is 19.1 Å². The number of aryl methyl sites for hydroxylation is 2. The molecule has 3 aromatic rings. The summed E-state index contributed by atoms with van der Waals surface area (Å²) in [6, 6.07) is 7.20. The fourth-order valence-electron chi connectivity index (χ4n) is 3.06. The smallest absolute Gasteiger partial charge is 0.307 e. The number of esters is 1. The molecule has 12 nitrogen and oxygen atoms in total. The Labute approximate surface area is 224 Å². The molecule has 0 unspecified atom stereocenters. The molecule has 0 saturated heterocycles. The quantitative estimate of drug-likeness (QED) is 0.110. The second kappa shape index (κ2) is 15.7. The zero-order valence-corrected chi connectivity index (χ0v) is 22.4. The van der Waals surface area contributed by atoms with E-state index in [2.05, 4.69) is 42.1 Å². The lowest BCUT2D eigenvalue weighted by Crippen LogP contribution is -2.25. The van der Waals surface area contributed by atoms with Gasteiger partial charge in [0.25, 0.3) is 5.91 Å². The van der Waals surface area contributed by atoms with Crippen LogP contribution in [0.4, 0.5) is 22.5 Å². The van der Waals surface area contributed by atoms with Gasteiger partial charge < -0.3 is 31.2 Å². The number of carbonyl (C=O) groups excluding carboxylic acids is 2. The summed E-state index contributed by atoms with van der Waals surface area (Å²) >= 11 is 7.41. The van der Waals surface area contributed by atoms with Crippen LogP contribution in [0.15, 0.2) is 30.5 Å². The Kier molecular flexibility index (Phi) is 12.7. The van der Waals surface area contributed by atoms with Crippen LogP contribution in [0.3, 0.4) is 0 Å². The topological polar surface area (TPSA) is 176 Å². The number of nitrogens with one attached hydrogen (secondary N) is 4. The highest BCUT2D eigenvalue weighted by Crippen LogP contribution is 2.28. The zero-order chi connectivity index (χ0) is 27.2. The highest BCUT2D eigenvalue weighted by Gasteiger charge is 2.14. The van der Waals surface area contributed by atoms with Gasteiger partial charge in [-0.2, -0.15) is 0 Å². The van der Waals surface area contributed by atoms with Gasteiger partial charge in [-0.15, -0.1) is 0 Å². The minimum atomic E-state index is -0.288. The third-order valence-electron chi connectivity index (χ3n) is 4.68. The SMILES string of the molecule is CCOC(=O)CCNCCNc1cc(Nc2ncc(C(=O)Nc3c(C)cccc3Cl)s2)nc(C)n1.NO. The highest BCUT2D eigenvalue weighted by molar-refractivity contribution is 7.17. The van der Waals surface area contributed by atoms with Gasteiger partial charge in [-0.05, 0) is 32.4 Å². The van der Waals surface area contributed by atoms with Crippen LogP contribution in [0.25, 0.3) is 0 Å². The van der Waals surface area contributed by atoms with E-state index in [1.54, 1.807) is 26.0 Å². The van der Waals surface area contributed by atoms with Crippen molar-refractivity contribution in [3.8, 4) is 0 Å². The maximum Gasteiger partial charge on any atom is 0.307 e. The molecule has 0 atom stereocenters. The Morgan fingerprint density at radius 3 is 2.62 bits per heavy atom. The van der Waals surface area contributed by atoms with E-state index in [4.69, 9.17) is 21.5 Å². The van der Waals surface area contributed by atoms with Crippen LogP contribution in [0, 0.1) is 13.8 Å². The van der Waals surface area contributed by atoms with Crippen LogP contribution < -0.4 is 27.2 Å². The molecule has 0 aliphatic heterocycles. The van der Waals surface area contributed by atoms with Gasteiger partial charge in [-0.1, -0.05) is 35.1 Å². The van der Waals surface area contributed by atoms with Gasteiger partial charge in [0.15, 0.2) is 5.13 Å². The summed E-state index contributed by atoms with van der Waals surface area (Å²) in [4.78, 5) is 37.5. The molecule has 0 radical (unpaired) electrons. The average molecular weight is 551 g/mol. The molecule has 0 saturated carbocycles. The number of carbonyl (C=O) groups is 2. The van der Waals surface area contributed by atoms with Crippen molar-refractivity contribution in [3.05, 3.63) is 51.7 Å². The summed E-state index contributed by atoms with van der Waals surface area (Å²) in [6.45, 7) is 7.66. The maximum atomic E-state index is 12.7. The molecule has 0 bridgehead atoms. The minimum absolute atomic E-state index is 0.211. The van der Waals surface area contributed by atoms with E-state index < -0.39 is 0 Å². The summed E-state index contributed by atoms with van der Waals surface area (Å²) in [5, 5.41) is 19.9. The number of hydrogen-bond donors (Lipinski definition) is 6. The van der Waals surface area contributed by atoms with Crippen LogP contribution in [-0.4, -0.2) is 58.3 Å². The largest absolute Gasteiger partial charge is 0.466 e. The number of ether oxygens (including phenoxy) is 1. The predicted octanol–water partition coefficient (Wildman–Crippen LogP) is 3.49. The Morgan fingerprint density at radius 2 is 1.89 bits per heavy atom. The molecule has 14 heteroatoms. The molecule has 0 spiro atoms. The standard InChI is InChI=1S/C23H28ClN7O3S.H3NO/c1-4-34-20(32)8-9-25-10-11-26-18-12-19(29-15(3)28-18)30-23-27-13-17(35-23)22(33)31-21-14(2)6-5-7-16(21)24;1-2/h5-7,12-13,25H,4,8-11H2,1-3H3,(H,31,33)(H2,26,27,28,29,30);2H,1H2. The van der Waals surface area contributed by atoms with Crippen LogP contribution >= 0.6 is 22.9 Å². The predicted molar refractivity (Wildman–Crippen MR) is 145 cm³/mol. The highest BCUT2D eigenvalue weighted by atomic mass is 35.5. The molecule has 2 heterocycles. The second-order valence-corrected chi connectivity index (χ2v) is 8.90. The number of nitrogens with zero attached hydrogens (tertiary/aromatic N) is 3. The van der Waals surface area contributed by atoms with Crippen molar-refractivity contribution in [2.75, 3.05) is 42.2 Å². The van der Waals surface area contributed by atoms with Crippen molar-refractivity contribution in [3.63, 3.8) is 0 Å². The number of rotatable bonds is 12. The molecule has 2 aromatic heterocycles. The lowest BCUT2D eigenvalue weighted by Gasteiger charge is -2.10. The van der Waals surface area contributed by atoms with E-state index in [1.165, 1.54) is 17.5 Å². The maximum absolute atomic E-state index is 12.7. The summed E-state index contributed by atoms with van der Waals surface area (Å²) in [5.41, 5.74) is 1.46. The first-order valence-corrected chi connectivity index (χ1v) is 12.6. The molecule has 0 fully saturated rings. The molecule has 1 aromatic carbocycles. The number of anilines is 4. The number of para-hydroxylation sites is 1. The third kappa shape index (κ3) is 9.90. The summed E-state index contributed by atoms with van der Waals surface area (Å²) in [7, 11) is 0. The molecular formula is C23H31ClN8O4S. The van der Waals surface area contributed by atoms with Gasteiger partial charge in [-0.3, -0.25) is 9.59 Å². The summed E-state index contributed by atoms with van der Waals surface area (Å²) in [5.74, 6) is 4.78. The van der Waals surface area contributed by atoms with Gasteiger partial charge in [0.05, 0.1) is 29.9 Å². The number of nitrogens with two attached hydrogens (primary N) is 1. The van der Waals surface area contributed by atoms with Gasteiger partial charge in [0, 0.05) is 25.7 Å². The van der Waals surface area contributed by atoms with Crippen molar-refractivity contribution in [2.45, 2.75) is 27.2 Å². The molecule has 1 amide bonds. The van der Waals surface area contributed by atoms with Crippen LogP contribution in [-0.2, 0) is 9.53 Å². The van der Waals surface area contributed by atoms with Crippen molar-refractivity contribution >= 4 is 57.3 Å². The number of hydrogen-bond acceptors (Lipinski definition) is 12. The molecule has 0 aliphatic carbocycles. The zero-order valence-electron chi connectivity index (χ0n) is 20.8. The van der Waals surface area contributed by atoms with E-state index in [9.17, 15) is 9.59 Å². The van der Waals surface area contributed by atoms with Crippen molar-refractivity contribution in [2.24, 2.45) is 5.90 Å². The molecular weight excluding hydrogens is 520 g/mol. The average Bonchev–Trinajstić information content (AvgIpc) is 3.33.